The molecule has 1 saturated heterocycles. The molecule has 117 heavy (non-hydrogen) atoms. The summed E-state index contributed by atoms with van der Waals surface area (Å²) in [5.74, 6) is -13.2. The van der Waals surface area contributed by atoms with Gasteiger partial charge in [0.05, 0.1) is 17.5 Å². The van der Waals surface area contributed by atoms with Crippen LogP contribution in [0.5, 0.6) is 34.5 Å². The van der Waals surface area contributed by atoms with Gasteiger partial charge in [-0.05, 0) is 188 Å². The molecule has 632 valence electrons. The maximum atomic E-state index is 16.4. The van der Waals surface area contributed by atoms with Gasteiger partial charge in [-0.3, -0.25) is 38.4 Å². The van der Waals surface area contributed by atoms with Gasteiger partial charge in [0.1, 0.15) is 90.1 Å². The van der Waals surface area contributed by atoms with E-state index in [1.54, 1.807) is 6.92 Å². The zero-order valence-corrected chi connectivity index (χ0v) is 67.1. The molecule has 5 aromatic carbocycles. The number of rotatable bonds is 26. The highest BCUT2D eigenvalue weighted by Crippen LogP contribution is 2.56. The third-order valence-corrected chi connectivity index (χ3v) is 24.9. The highest BCUT2D eigenvalue weighted by molar-refractivity contribution is 6.32. The number of aliphatic hydroxyl groups is 7. The van der Waals surface area contributed by atoms with Crippen molar-refractivity contribution in [2.45, 2.75) is 247 Å². The summed E-state index contributed by atoms with van der Waals surface area (Å²) in [6, 6.07) is 1.71. The number of aliphatic hydroxyl groups excluding tert-OH is 5. The van der Waals surface area contributed by atoms with Gasteiger partial charge >= 0.3 is 0 Å². The largest absolute Gasteiger partial charge is 0.508 e. The molecule has 32 heteroatoms. The van der Waals surface area contributed by atoms with E-state index in [1.165, 1.54) is 106 Å². The molecule has 16 rings (SSSR count). The molecule has 31 nitrogen and oxygen atoms in total. The number of hydrogen-bond acceptors (Lipinski definition) is 23. The SMILES string of the molecule is CCCCCCCCCCCCCNCc1c(O)cc2c3c1C(O)(O)c1ccc(cc1-3)[C@H]1NC(=O)[C@@H]3NC(=O)[C@H](CC(N)=O)NC(=O)[C@H](NC(=O)[C@@H](CC(C)C)NC)[C@H](O)c4ccc(c(C)c4)Oc4cc3cc(c4O[C@@H]3O[C@H](CN)[C@@H](O)[C@H](O)[C@H]3O)Oc3ccc(cc3Cl)[C@@H](O)[C@H](NC1=O)C(=O)N[C@@H]2C(=O)NC1C2CC3CC(C2)CC1C3. The Bertz CT molecular complexity index is 4540. The summed E-state index contributed by atoms with van der Waals surface area (Å²) in [4.78, 5) is 123. The second-order valence-corrected chi connectivity index (χ2v) is 33.8. The van der Waals surface area contributed by atoms with E-state index in [0.29, 0.717) is 18.4 Å². The van der Waals surface area contributed by atoms with Crippen LogP contribution in [0.15, 0.2) is 72.8 Å². The Morgan fingerprint density at radius 3 is 1.89 bits per heavy atom. The molecule has 6 aliphatic heterocycles. The highest BCUT2D eigenvalue weighted by Gasteiger charge is 2.53. The number of fused-ring (bicyclic) bond motifs is 12. The van der Waals surface area contributed by atoms with Gasteiger partial charge in [0.15, 0.2) is 11.5 Å². The lowest BCUT2D eigenvalue weighted by Gasteiger charge is -2.54. The Hall–Kier alpha value is -9.09. The van der Waals surface area contributed by atoms with E-state index in [1.807, 2.05) is 13.8 Å². The third-order valence-electron chi connectivity index (χ3n) is 24.6. The summed E-state index contributed by atoms with van der Waals surface area (Å²) in [5, 5.41) is 123. The fraction of sp³-hybridized carbons (Fsp3) is 0.553. The van der Waals surface area contributed by atoms with E-state index in [0.717, 1.165) is 76.3 Å². The van der Waals surface area contributed by atoms with Crippen molar-refractivity contribution < 1.29 is 98.2 Å². The number of benzene rings is 5. The first-order valence-corrected chi connectivity index (χ1v) is 41.5. The summed E-state index contributed by atoms with van der Waals surface area (Å²) < 4.78 is 25.9. The standard InChI is InChI=1S/C85H110ClN11O20/c1-6-7-8-9-10-11-12-13-14-15-16-23-90-38-51-56(98)35-50-63-49-31-43(17-20-52(49)85(112,113)64(51)63)66-79(107)97-70(83(111)95-68(50)81(109)92-65-46-27-41-26-42(29-46)30-47(65)28-41)72(101)45-19-22-58(53(86)32-45)115-60-34-48-33-59(76(60)117-84-75(104)74(103)73(102)61(37-87)116-84)114-57-21-18-44(25-40(57)4)71(100)69(96-77(105)54(89-5)24-39(2)3)82(110)91-55(36-62(88)99)78(106)93-67(48)80(108)94-66/h17-22,25,31-35,39,41-42,46-47,54-55,61,65-75,84,89-90,98,100-104,112-113H,6-16,23-24,26-30,36-38,87H2,1-5H3,(H2,88,99)(H,91,110)(H,92,109)(H,93,106)(H,94,108)(H,95,111)(H,96,105)(H,97,107)/t41?,42?,46?,47?,54-,55+,61-,65?,66-,67-,68+,69-,70+,71-,72-,73-,74+,75-,84+/m1/s1. The number of nitrogens with two attached hydrogens (primary N) is 2. The Morgan fingerprint density at radius 2 is 1.26 bits per heavy atom. The van der Waals surface area contributed by atoms with Crippen LogP contribution in [0, 0.1) is 36.5 Å². The minimum atomic E-state index is -2.99. The van der Waals surface area contributed by atoms with Crippen LogP contribution in [0.1, 0.15) is 217 Å². The number of phenolic OH excluding ortho intramolecular Hbond substituents is 1. The minimum absolute atomic E-state index is 0.0121. The lowest BCUT2D eigenvalue weighted by atomic mass is 9.54. The molecule has 4 saturated carbocycles. The van der Waals surface area contributed by atoms with Gasteiger partial charge in [0.2, 0.25) is 65.1 Å². The molecule has 14 atom stereocenters. The van der Waals surface area contributed by atoms with Gasteiger partial charge in [0, 0.05) is 35.8 Å². The van der Waals surface area contributed by atoms with Crippen molar-refractivity contribution in [1.29, 1.82) is 0 Å². The average molecular weight is 1640 g/mol. The molecule has 21 N–H and O–H groups in total. The zero-order chi connectivity index (χ0) is 83.6. The molecular formula is C85H110ClN11O20. The summed E-state index contributed by atoms with van der Waals surface area (Å²) in [6.45, 7) is 7.36. The number of carbonyl (C=O) groups excluding carboxylic acids is 8. The maximum Gasteiger partial charge on any atom is 0.248 e. The minimum Gasteiger partial charge on any atom is -0.508 e. The van der Waals surface area contributed by atoms with Crippen LogP contribution in [0.3, 0.4) is 0 Å². The molecule has 11 aliphatic rings. The van der Waals surface area contributed by atoms with Crippen molar-refractivity contribution in [3.05, 3.63) is 128 Å². The molecular weight excluding hydrogens is 1530 g/mol. The van der Waals surface area contributed by atoms with E-state index < -0.39 is 174 Å². The van der Waals surface area contributed by atoms with Crippen LogP contribution < -0.4 is 73.5 Å². The number of aryl methyl sites for hydroxylation is 1. The van der Waals surface area contributed by atoms with Crippen LogP contribution in [0.4, 0.5) is 0 Å². The van der Waals surface area contributed by atoms with Crippen molar-refractivity contribution >= 4 is 58.9 Å². The van der Waals surface area contributed by atoms with Crippen LogP contribution in [0.2, 0.25) is 5.02 Å². The van der Waals surface area contributed by atoms with Crippen molar-refractivity contribution in [3.63, 3.8) is 0 Å². The topological polar surface area (TPSA) is 496 Å². The molecule has 0 radical (unpaired) electrons. The lowest BCUT2D eigenvalue weighted by Crippen LogP contribution is -2.60. The Labute approximate surface area is 683 Å². The first-order valence-electron chi connectivity index (χ1n) is 41.1. The van der Waals surface area contributed by atoms with Gasteiger partial charge in [-0.15, -0.1) is 0 Å². The van der Waals surface area contributed by atoms with Crippen LogP contribution >= 0.6 is 11.6 Å². The Kier molecular flexibility index (Phi) is 26.9. The monoisotopic (exact) mass is 1640 g/mol. The molecule has 5 fully saturated rings. The van der Waals surface area contributed by atoms with Gasteiger partial charge in [-0.1, -0.05) is 121 Å². The van der Waals surface area contributed by atoms with E-state index >= 15 is 28.8 Å². The zero-order valence-electron chi connectivity index (χ0n) is 66.3. The molecule has 5 aliphatic carbocycles. The van der Waals surface area contributed by atoms with Gasteiger partial charge in [-0.2, -0.15) is 0 Å². The number of nitrogens with one attached hydrogen (secondary N) is 9. The number of hydrogen-bond donors (Lipinski definition) is 19. The number of likely N-dealkylation sites (N-methyl/N-ethyl adjacent to an activating group) is 1. The lowest BCUT2D eigenvalue weighted by molar-refractivity contribution is -0.270. The molecule has 5 aromatic rings. The fourth-order valence-corrected chi connectivity index (χ4v) is 18.8. The summed E-state index contributed by atoms with van der Waals surface area (Å²) in [5.41, 5.74) is 10.8. The number of phenols is 1. The molecule has 0 aromatic heterocycles. The predicted molar refractivity (Wildman–Crippen MR) is 426 cm³/mol. The number of unbranched alkanes of at least 4 members (excludes halogenated alkanes) is 10. The van der Waals surface area contributed by atoms with Crippen molar-refractivity contribution in [3.8, 4) is 45.6 Å². The first-order chi connectivity index (χ1) is 55.9. The Balaban J connectivity index is 0.973. The molecule has 0 spiro atoms. The van der Waals surface area contributed by atoms with Crippen molar-refractivity contribution in [2.75, 3.05) is 20.1 Å². The van der Waals surface area contributed by atoms with Crippen LogP contribution in [-0.2, 0) is 55.4 Å². The van der Waals surface area contributed by atoms with E-state index in [4.69, 9.17) is 42.0 Å². The van der Waals surface area contributed by atoms with Crippen LogP contribution in [0.25, 0.3) is 11.1 Å². The molecule has 15 bridgehead atoms. The van der Waals surface area contributed by atoms with Gasteiger partial charge in [0.25, 0.3) is 0 Å². The number of ether oxygens (including phenoxy) is 4. The second-order valence-electron chi connectivity index (χ2n) is 33.4. The third kappa shape index (κ3) is 18.4. The Morgan fingerprint density at radius 1 is 0.658 bits per heavy atom. The predicted octanol–water partition coefficient (Wildman–Crippen LogP) is 4.83. The van der Waals surface area contributed by atoms with E-state index in [-0.39, 0.29) is 114 Å². The van der Waals surface area contributed by atoms with E-state index in [9.17, 15) is 50.4 Å². The smallest absolute Gasteiger partial charge is 0.248 e. The number of carbonyl (C=O) groups is 8. The van der Waals surface area contributed by atoms with Gasteiger partial charge < -0.3 is 119 Å². The second kappa shape index (κ2) is 36.6. The number of aromatic hydroxyl groups is 1. The fourth-order valence-electron chi connectivity index (χ4n) is 18.6. The summed E-state index contributed by atoms with van der Waals surface area (Å²) in [6.07, 6.45) is 2.76. The summed E-state index contributed by atoms with van der Waals surface area (Å²) in [7, 11) is 1.52. The van der Waals surface area contributed by atoms with Gasteiger partial charge in [-0.25, -0.2) is 0 Å². The number of primary amides is 1. The normalized spacial score (nSPS) is 28.5. The maximum absolute atomic E-state index is 16.4. The number of amides is 8. The quantitative estimate of drug-likeness (QED) is 0.0260. The molecule has 6 heterocycles. The average Bonchev–Trinajstić information content (AvgIpc) is 1.55. The van der Waals surface area contributed by atoms with Crippen molar-refractivity contribution in [1.82, 2.24) is 47.9 Å². The highest BCUT2D eigenvalue weighted by atomic mass is 35.5. The molecule has 8 amide bonds. The van der Waals surface area contributed by atoms with Crippen molar-refractivity contribution in [2.24, 2.45) is 41.1 Å². The summed E-state index contributed by atoms with van der Waals surface area (Å²) >= 11 is 7.23. The molecule has 0 unspecified atom stereocenters. The number of halogens is 1. The van der Waals surface area contributed by atoms with E-state index in [2.05, 4.69) is 54.8 Å². The first kappa shape index (κ1) is 85.8. The van der Waals surface area contributed by atoms with Crippen LogP contribution in [-0.4, -0.2) is 169 Å².